The first kappa shape index (κ1) is 20.4. The molecule has 6 aromatic carbocycles. The maximum Gasteiger partial charge on any atom is 0.0181 e. The highest BCUT2D eigenvalue weighted by atomic mass is 79.9. The average molecular weight is 509 g/mol. The molecule has 6 aromatic rings. The summed E-state index contributed by atoms with van der Waals surface area (Å²) in [7, 11) is 0. The van der Waals surface area contributed by atoms with Gasteiger partial charge in [-0.1, -0.05) is 119 Å². The maximum absolute atomic E-state index is 3.63. The molecular weight excluding hydrogens is 488 g/mol. The molecule has 0 atom stereocenters. The molecule has 164 valence electrons. The van der Waals surface area contributed by atoms with Gasteiger partial charge < -0.3 is 0 Å². The summed E-state index contributed by atoms with van der Waals surface area (Å²) in [6.45, 7) is 0. The first-order valence-electron chi connectivity index (χ1n) is 11.9. The van der Waals surface area contributed by atoms with Crippen LogP contribution in [0.15, 0.2) is 132 Å². The van der Waals surface area contributed by atoms with Gasteiger partial charge in [0.1, 0.15) is 0 Å². The molecule has 35 heavy (non-hydrogen) atoms. The molecule has 0 spiro atoms. The largest absolute Gasteiger partial charge is 0.0622 e. The molecule has 0 radical (unpaired) electrons. The van der Waals surface area contributed by atoms with E-state index in [1.807, 2.05) is 0 Å². The van der Waals surface area contributed by atoms with E-state index in [0.29, 0.717) is 0 Å². The van der Waals surface area contributed by atoms with Crippen LogP contribution in [0.3, 0.4) is 0 Å². The zero-order valence-electron chi connectivity index (χ0n) is 19.0. The van der Waals surface area contributed by atoms with Gasteiger partial charge in [0.15, 0.2) is 0 Å². The van der Waals surface area contributed by atoms with E-state index in [4.69, 9.17) is 0 Å². The van der Waals surface area contributed by atoms with E-state index in [1.165, 1.54) is 66.4 Å². The van der Waals surface area contributed by atoms with Gasteiger partial charge >= 0.3 is 0 Å². The second-order valence-corrected chi connectivity index (χ2v) is 10.0. The fraction of sp³-hybridized carbons (Fsp3) is 0. The second kappa shape index (κ2) is 8.08. The minimum Gasteiger partial charge on any atom is -0.0622 e. The Labute approximate surface area is 213 Å². The summed E-state index contributed by atoms with van der Waals surface area (Å²) in [6.07, 6.45) is 0. The molecule has 0 heterocycles. The molecule has 0 bridgehead atoms. The van der Waals surface area contributed by atoms with Crippen LogP contribution < -0.4 is 0 Å². The number of hydrogen-bond acceptors (Lipinski definition) is 0. The van der Waals surface area contributed by atoms with Gasteiger partial charge in [0.25, 0.3) is 0 Å². The zero-order chi connectivity index (χ0) is 23.4. The van der Waals surface area contributed by atoms with Crippen LogP contribution in [0, 0.1) is 0 Å². The van der Waals surface area contributed by atoms with Gasteiger partial charge in [-0.05, 0) is 90.7 Å². The van der Waals surface area contributed by atoms with Crippen LogP contribution in [0.4, 0.5) is 0 Å². The molecule has 1 heteroatoms. The minimum absolute atomic E-state index is 1.10. The molecule has 0 N–H and O–H groups in total. The highest BCUT2D eigenvalue weighted by Gasteiger charge is 2.25. The molecule has 7 rings (SSSR count). The van der Waals surface area contributed by atoms with E-state index in [2.05, 4.69) is 143 Å². The van der Waals surface area contributed by atoms with Crippen LogP contribution in [-0.2, 0) is 0 Å². The highest BCUT2D eigenvalue weighted by Crippen LogP contribution is 2.52. The Morgan fingerprint density at radius 1 is 0.371 bits per heavy atom. The summed E-state index contributed by atoms with van der Waals surface area (Å²) in [5.74, 6) is 0. The van der Waals surface area contributed by atoms with Crippen molar-refractivity contribution in [2.24, 2.45) is 0 Å². The van der Waals surface area contributed by atoms with Crippen molar-refractivity contribution in [2.75, 3.05) is 0 Å². The molecule has 0 saturated heterocycles. The van der Waals surface area contributed by atoms with Crippen LogP contribution >= 0.6 is 15.9 Å². The molecule has 0 unspecified atom stereocenters. The normalized spacial score (nSPS) is 11.6. The van der Waals surface area contributed by atoms with Crippen molar-refractivity contribution >= 4 is 26.7 Å². The van der Waals surface area contributed by atoms with Gasteiger partial charge in [-0.3, -0.25) is 0 Å². The molecule has 0 aliphatic heterocycles. The second-order valence-electron chi connectivity index (χ2n) is 9.11. The third-order valence-electron chi connectivity index (χ3n) is 7.06. The van der Waals surface area contributed by atoms with Gasteiger partial charge in [-0.2, -0.15) is 0 Å². The quantitative estimate of drug-likeness (QED) is 0.222. The monoisotopic (exact) mass is 508 g/mol. The fourth-order valence-electron chi connectivity index (χ4n) is 5.45. The smallest absolute Gasteiger partial charge is 0.0181 e. The van der Waals surface area contributed by atoms with Crippen molar-refractivity contribution < 1.29 is 0 Å². The number of rotatable bonds is 3. The van der Waals surface area contributed by atoms with Crippen LogP contribution in [0.2, 0.25) is 0 Å². The average Bonchev–Trinajstić information content (AvgIpc) is 3.25. The van der Waals surface area contributed by atoms with E-state index in [-0.39, 0.29) is 0 Å². The summed E-state index contributed by atoms with van der Waals surface area (Å²) < 4.78 is 1.10. The van der Waals surface area contributed by atoms with Crippen molar-refractivity contribution in [1.29, 1.82) is 0 Å². The summed E-state index contributed by atoms with van der Waals surface area (Å²) in [5, 5.41) is 2.65. The van der Waals surface area contributed by atoms with Crippen molar-refractivity contribution in [3.8, 4) is 55.6 Å². The first-order valence-corrected chi connectivity index (χ1v) is 12.7. The van der Waals surface area contributed by atoms with E-state index < -0.39 is 0 Å². The van der Waals surface area contributed by atoms with Crippen molar-refractivity contribution in [1.82, 2.24) is 0 Å². The van der Waals surface area contributed by atoms with Crippen molar-refractivity contribution in [3.05, 3.63) is 132 Å². The van der Waals surface area contributed by atoms with Crippen molar-refractivity contribution in [2.45, 2.75) is 0 Å². The minimum atomic E-state index is 1.10. The molecule has 0 amide bonds. The van der Waals surface area contributed by atoms with E-state index in [0.717, 1.165) is 4.47 Å². The molecule has 1 aliphatic rings. The van der Waals surface area contributed by atoms with E-state index >= 15 is 0 Å². The molecule has 0 fully saturated rings. The molecule has 0 nitrogen and oxygen atoms in total. The lowest BCUT2D eigenvalue weighted by atomic mass is 9.91. The SMILES string of the molecule is Brc1cccc(-c2ccc3c(c2)-c2cccc4ccc(-c5cccc(-c6ccccc6)c5)c-3c24)c1. The molecule has 0 aromatic heterocycles. The Morgan fingerprint density at radius 2 is 1.06 bits per heavy atom. The van der Waals surface area contributed by atoms with Crippen molar-refractivity contribution in [3.63, 3.8) is 0 Å². The van der Waals surface area contributed by atoms with E-state index in [1.54, 1.807) is 0 Å². The fourth-order valence-corrected chi connectivity index (χ4v) is 5.85. The molecule has 1 aliphatic carbocycles. The Morgan fingerprint density at radius 3 is 1.91 bits per heavy atom. The molecule has 0 saturated carbocycles. The standard InChI is InChI=1S/C34H21Br/c35-28-13-5-11-25(20-28)26-16-18-31-32(21-26)30-14-6-9-23-15-17-29(34(31)33(23)30)27-12-4-10-24(19-27)22-7-2-1-3-8-22/h1-21H. The predicted octanol–water partition coefficient (Wildman–Crippen LogP) is 10.3. The number of hydrogen-bond donors (Lipinski definition) is 0. The van der Waals surface area contributed by atoms with E-state index in [9.17, 15) is 0 Å². The predicted molar refractivity (Wildman–Crippen MR) is 152 cm³/mol. The van der Waals surface area contributed by atoms with Gasteiger partial charge in [0, 0.05) is 4.47 Å². The number of fused-ring (bicyclic) bond motifs is 3. The van der Waals surface area contributed by atoms with Gasteiger partial charge in [-0.15, -0.1) is 0 Å². The van der Waals surface area contributed by atoms with Crippen LogP contribution in [-0.4, -0.2) is 0 Å². The highest BCUT2D eigenvalue weighted by molar-refractivity contribution is 9.10. The Kier molecular flexibility index (Phi) is 4.72. The summed E-state index contributed by atoms with van der Waals surface area (Å²) in [4.78, 5) is 0. The van der Waals surface area contributed by atoms with Crippen LogP contribution in [0.5, 0.6) is 0 Å². The zero-order valence-corrected chi connectivity index (χ0v) is 20.6. The van der Waals surface area contributed by atoms with Crippen LogP contribution in [0.1, 0.15) is 0 Å². The molecular formula is C34H21Br. The summed E-state index contributed by atoms with van der Waals surface area (Å²) in [5.41, 5.74) is 12.8. The number of halogens is 1. The first-order chi connectivity index (χ1) is 17.3. The van der Waals surface area contributed by atoms with Gasteiger partial charge in [-0.25, -0.2) is 0 Å². The Hall–Kier alpha value is -3.94. The third kappa shape index (κ3) is 3.35. The van der Waals surface area contributed by atoms with Crippen LogP contribution in [0.25, 0.3) is 66.4 Å². The van der Waals surface area contributed by atoms with Gasteiger partial charge in [0.05, 0.1) is 0 Å². The maximum atomic E-state index is 3.63. The topological polar surface area (TPSA) is 0 Å². The summed E-state index contributed by atoms with van der Waals surface area (Å²) in [6, 6.07) is 46.3. The lowest BCUT2D eigenvalue weighted by molar-refractivity contribution is 1.58. The lowest BCUT2D eigenvalue weighted by Crippen LogP contribution is -1.86. The third-order valence-corrected chi connectivity index (χ3v) is 7.56. The Balaban J connectivity index is 1.45. The summed E-state index contributed by atoms with van der Waals surface area (Å²) >= 11 is 3.63. The van der Waals surface area contributed by atoms with Gasteiger partial charge in [0.2, 0.25) is 0 Å². The number of benzene rings is 6. The lowest BCUT2D eigenvalue weighted by Gasteiger charge is -2.13. The Bertz CT molecular complexity index is 1740.